The van der Waals surface area contributed by atoms with E-state index in [0.29, 0.717) is 0 Å². The molecular formula is C21H38IN5. The van der Waals surface area contributed by atoms with Crippen LogP contribution in [0, 0.1) is 0 Å². The first-order valence-corrected chi connectivity index (χ1v) is 10.3. The maximum Gasteiger partial charge on any atom is 0.191 e. The molecule has 0 spiro atoms. The minimum Gasteiger partial charge on any atom is -0.357 e. The fourth-order valence-corrected chi connectivity index (χ4v) is 3.25. The van der Waals surface area contributed by atoms with Crippen molar-refractivity contribution in [1.82, 2.24) is 20.4 Å². The van der Waals surface area contributed by atoms with E-state index >= 15 is 0 Å². The first-order chi connectivity index (χ1) is 12.8. The number of unbranched alkanes of at least 4 members (excludes halogenated alkanes) is 1. The van der Waals surface area contributed by atoms with E-state index in [2.05, 4.69) is 69.6 Å². The van der Waals surface area contributed by atoms with Gasteiger partial charge in [-0.1, -0.05) is 37.3 Å². The number of nitrogens with one attached hydrogen (secondary N) is 2. The Labute approximate surface area is 183 Å². The van der Waals surface area contributed by atoms with Gasteiger partial charge in [0.05, 0.1) is 0 Å². The van der Waals surface area contributed by atoms with Crippen molar-refractivity contribution in [3.05, 3.63) is 35.9 Å². The average molecular weight is 487 g/mol. The van der Waals surface area contributed by atoms with E-state index in [1.54, 1.807) is 0 Å². The van der Waals surface area contributed by atoms with Crippen LogP contribution in [0.3, 0.4) is 0 Å². The van der Waals surface area contributed by atoms with Gasteiger partial charge < -0.3 is 15.5 Å². The molecule has 6 heteroatoms. The molecule has 1 aliphatic rings. The highest BCUT2D eigenvalue weighted by Gasteiger charge is 2.16. The summed E-state index contributed by atoms with van der Waals surface area (Å²) in [5.41, 5.74) is 1.42. The Bertz CT molecular complexity index is 501. The number of piperazine rings is 1. The van der Waals surface area contributed by atoms with E-state index in [9.17, 15) is 0 Å². The van der Waals surface area contributed by atoms with Crippen LogP contribution in [0.25, 0.3) is 0 Å². The lowest BCUT2D eigenvalue weighted by Crippen LogP contribution is -2.46. The molecule has 5 nitrogen and oxygen atoms in total. The molecule has 0 atom stereocenters. The van der Waals surface area contributed by atoms with Crippen LogP contribution in [0.15, 0.2) is 35.3 Å². The van der Waals surface area contributed by atoms with Gasteiger partial charge in [0, 0.05) is 52.4 Å². The van der Waals surface area contributed by atoms with Gasteiger partial charge in [0.2, 0.25) is 0 Å². The van der Waals surface area contributed by atoms with Gasteiger partial charge >= 0.3 is 0 Å². The monoisotopic (exact) mass is 487 g/mol. The van der Waals surface area contributed by atoms with Gasteiger partial charge in [-0.2, -0.15) is 0 Å². The van der Waals surface area contributed by atoms with Gasteiger partial charge in [-0.15, -0.1) is 24.0 Å². The van der Waals surface area contributed by atoms with E-state index in [1.165, 1.54) is 51.1 Å². The highest BCUT2D eigenvalue weighted by atomic mass is 127. The van der Waals surface area contributed by atoms with Gasteiger partial charge in [-0.05, 0) is 38.3 Å². The van der Waals surface area contributed by atoms with Crippen molar-refractivity contribution in [2.45, 2.75) is 39.7 Å². The van der Waals surface area contributed by atoms with Crippen molar-refractivity contribution < 1.29 is 0 Å². The van der Waals surface area contributed by atoms with Crippen LogP contribution in [0.4, 0.5) is 0 Å². The van der Waals surface area contributed by atoms with E-state index in [1.807, 2.05) is 0 Å². The number of guanidine groups is 1. The Morgan fingerprint density at radius 3 is 2.33 bits per heavy atom. The van der Waals surface area contributed by atoms with Gasteiger partial charge in [0.15, 0.2) is 5.96 Å². The molecular weight excluding hydrogens is 449 g/mol. The molecule has 1 saturated heterocycles. The number of benzene rings is 1. The second kappa shape index (κ2) is 15.1. The number of aliphatic imine (C=N–C) groups is 1. The fraction of sp³-hybridized carbons (Fsp3) is 0.667. The minimum absolute atomic E-state index is 0. The van der Waals surface area contributed by atoms with Crippen LogP contribution in [-0.4, -0.2) is 68.1 Å². The summed E-state index contributed by atoms with van der Waals surface area (Å²) < 4.78 is 0. The van der Waals surface area contributed by atoms with Crippen molar-refractivity contribution in [3.63, 3.8) is 0 Å². The maximum absolute atomic E-state index is 4.54. The van der Waals surface area contributed by atoms with Gasteiger partial charge in [-0.3, -0.25) is 9.89 Å². The zero-order chi connectivity index (χ0) is 18.5. The number of nitrogens with zero attached hydrogens (tertiary/aromatic N) is 3. The molecule has 2 N–H and O–H groups in total. The highest BCUT2D eigenvalue weighted by molar-refractivity contribution is 14.0. The largest absolute Gasteiger partial charge is 0.357 e. The second-order valence-electron chi connectivity index (χ2n) is 7.00. The van der Waals surface area contributed by atoms with Crippen molar-refractivity contribution in [3.8, 4) is 0 Å². The van der Waals surface area contributed by atoms with Crippen LogP contribution >= 0.6 is 24.0 Å². The summed E-state index contributed by atoms with van der Waals surface area (Å²) in [4.78, 5) is 9.72. The summed E-state index contributed by atoms with van der Waals surface area (Å²) in [6.45, 7) is 14.1. The van der Waals surface area contributed by atoms with Crippen molar-refractivity contribution in [1.29, 1.82) is 0 Å². The zero-order valence-corrected chi connectivity index (χ0v) is 19.5. The fourth-order valence-electron chi connectivity index (χ4n) is 3.25. The van der Waals surface area contributed by atoms with Crippen LogP contribution in [0.1, 0.15) is 38.7 Å². The van der Waals surface area contributed by atoms with E-state index in [4.69, 9.17) is 0 Å². The first kappa shape index (κ1) is 24.2. The number of hydrogen-bond acceptors (Lipinski definition) is 3. The lowest BCUT2D eigenvalue weighted by molar-refractivity contribution is 0.126. The second-order valence-corrected chi connectivity index (χ2v) is 7.00. The minimum atomic E-state index is 0. The molecule has 154 valence electrons. The Balaban J connectivity index is 0.00000364. The number of hydrogen-bond donors (Lipinski definition) is 2. The smallest absolute Gasteiger partial charge is 0.191 e. The predicted octanol–water partition coefficient (Wildman–Crippen LogP) is 3.17. The third-order valence-corrected chi connectivity index (χ3v) is 4.75. The van der Waals surface area contributed by atoms with Gasteiger partial charge in [0.25, 0.3) is 0 Å². The summed E-state index contributed by atoms with van der Waals surface area (Å²) in [6.07, 6.45) is 3.53. The van der Waals surface area contributed by atoms with Crippen molar-refractivity contribution >= 4 is 29.9 Å². The van der Waals surface area contributed by atoms with Crippen LogP contribution < -0.4 is 10.6 Å². The molecule has 1 aromatic rings. The summed E-state index contributed by atoms with van der Waals surface area (Å²) in [6, 6.07) is 10.8. The third-order valence-electron chi connectivity index (χ3n) is 4.75. The molecule has 0 aliphatic carbocycles. The summed E-state index contributed by atoms with van der Waals surface area (Å²) >= 11 is 0. The van der Waals surface area contributed by atoms with E-state index in [0.717, 1.165) is 38.6 Å². The van der Waals surface area contributed by atoms with E-state index < -0.39 is 0 Å². The number of halogens is 1. The van der Waals surface area contributed by atoms with Gasteiger partial charge in [-0.25, -0.2) is 0 Å². The normalized spacial score (nSPS) is 16.0. The number of rotatable bonds is 10. The molecule has 1 aliphatic heterocycles. The lowest BCUT2D eigenvalue weighted by atomic mass is 10.2. The summed E-state index contributed by atoms with van der Waals surface area (Å²) in [5, 5.41) is 6.75. The molecule has 0 radical (unpaired) electrons. The van der Waals surface area contributed by atoms with Crippen LogP contribution in [-0.2, 0) is 6.54 Å². The topological polar surface area (TPSA) is 42.9 Å². The Morgan fingerprint density at radius 2 is 1.67 bits per heavy atom. The third kappa shape index (κ3) is 10.3. The Morgan fingerprint density at radius 1 is 0.963 bits per heavy atom. The standard InChI is InChI=1S/C21H37N5.HI/c1-3-12-23-21(22-4-2)24-13-8-9-14-25-15-17-26(18-16-25)19-20-10-6-5-7-11-20;/h5-7,10-11H,3-4,8-9,12-19H2,1-2H3,(H2,22,23,24);1H. The molecule has 0 bridgehead atoms. The lowest BCUT2D eigenvalue weighted by Gasteiger charge is -2.34. The Hall–Kier alpha value is -0.860. The molecule has 0 unspecified atom stereocenters. The zero-order valence-electron chi connectivity index (χ0n) is 17.1. The predicted molar refractivity (Wildman–Crippen MR) is 127 cm³/mol. The Kier molecular flexibility index (Phi) is 13.5. The first-order valence-electron chi connectivity index (χ1n) is 10.3. The molecule has 27 heavy (non-hydrogen) atoms. The van der Waals surface area contributed by atoms with Gasteiger partial charge in [0.1, 0.15) is 0 Å². The van der Waals surface area contributed by atoms with E-state index in [-0.39, 0.29) is 24.0 Å². The highest BCUT2D eigenvalue weighted by Crippen LogP contribution is 2.08. The molecule has 1 aromatic carbocycles. The molecule has 0 aromatic heterocycles. The molecule has 1 heterocycles. The summed E-state index contributed by atoms with van der Waals surface area (Å²) in [7, 11) is 0. The molecule has 1 fully saturated rings. The average Bonchev–Trinajstić information content (AvgIpc) is 2.68. The molecule has 0 amide bonds. The van der Waals surface area contributed by atoms with Crippen molar-refractivity contribution in [2.75, 3.05) is 52.4 Å². The quantitative estimate of drug-likeness (QED) is 0.230. The van der Waals surface area contributed by atoms with Crippen molar-refractivity contribution in [2.24, 2.45) is 4.99 Å². The maximum atomic E-state index is 4.54. The SMILES string of the molecule is CCCN=C(NCC)NCCCCN1CCN(Cc2ccccc2)CC1.I. The molecule has 2 rings (SSSR count). The molecule has 0 saturated carbocycles. The summed E-state index contributed by atoms with van der Waals surface area (Å²) in [5.74, 6) is 0.962. The van der Waals surface area contributed by atoms with Crippen LogP contribution in [0.2, 0.25) is 0 Å². The van der Waals surface area contributed by atoms with Crippen LogP contribution in [0.5, 0.6) is 0 Å².